The van der Waals surface area contributed by atoms with Crippen molar-refractivity contribution < 1.29 is 34.8 Å². The van der Waals surface area contributed by atoms with Gasteiger partial charge in [-0.2, -0.15) is 0 Å². The molecule has 1 amide bonds. The number of hydrogen-bond donors (Lipinski definition) is 6. The van der Waals surface area contributed by atoms with E-state index in [9.17, 15) is 34.8 Å². The van der Waals surface area contributed by atoms with E-state index in [1.54, 1.807) is 14.1 Å². The highest BCUT2D eigenvalue weighted by Gasteiger charge is 2.63. The van der Waals surface area contributed by atoms with Crippen molar-refractivity contribution >= 4 is 29.1 Å². The van der Waals surface area contributed by atoms with Crippen LogP contribution >= 0.6 is 11.6 Å². The monoisotopic (exact) mass is 547 g/mol. The Hall–Kier alpha value is -2.92. The molecule has 4 atom stereocenters. The standard InChI is InChI=1S/C27H34ClN3O7/c1-11(2)5-6-30-10-13-9-16(32)18-14(20(13)28)7-12-8-15-21(31(3)4)23(34)19(26(29)37)25(36)27(15,38)24(35)17(12)22(18)33/h9,11-12,15,21,30,32,34-35,38H,5-8,10H2,1-4H3,(H2,29,37)/t12-,15-,21-,27-/m0/s1. The van der Waals surface area contributed by atoms with E-state index < -0.39 is 58.0 Å². The molecule has 0 saturated carbocycles. The van der Waals surface area contributed by atoms with Crippen LogP contribution < -0.4 is 11.1 Å². The van der Waals surface area contributed by atoms with Gasteiger partial charge in [-0.05, 0) is 68.9 Å². The fraction of sp³-hybridized carbons (Fsp3) is 0.519. The quantitative estimate of drug-likeness (QED) is 0.220. The number of aliphatic hydroxyl groups is 3. The number of carbonyl (C=O) groups excluding carboxylic acids is 3. The molecule has 0 aromatic heterocycles. The summed E-state index contributed by atoms with van der Waals surface area (Å²) in [6.45, 7) is 5.36. The van der Waals surface area contributed by atoms with E-state index in [0.29, 0.717) is 28.6 Å². The third-order valence-corrected chi connectivity index (χ3v) is 8.42. The topological polar surface area (TPSA) is 173 Å². The number of aliphatic hydroxyl groups excluding tert-OH is 2. The van der Waals surface area contributed by atoms with Crippen molar-refractivity contribution in [1.82, 2.24) is 10.2 Å². The van der Waals surface area contributed by atoms with Crippen molar-refractivity contribution in [3.63, 3.8) is 0 Å². The lowest BCUT2D eigenvalue weighted by Crippen LogP contribution is -2.63. The molecule has 3 aliphatic carbocycles. The van der Waals surface area contributed by atoms with Crippen LogP contribution in [0.25, 0.3) is 0 Å². The van der Waals surface area contributed by atoms with Crippen molar-refractivity contribution in [2.24, 2.45) is 23.5 Å². The Morgan fingerprint density at radius 2 is 1.92 bits per heavy atom. The van der Waals surface area contributed by atoms with Crippen molar-refractivity contribution in [2.45, 2.75) is 51.3 Å². The SMILES string of the molecule is CC(C)CCNCc1cc(O)c2c(c1Cl)C[C@H]1C[C@H]3[C@H](N(C)C)C(O)=C(C(N)=O)C(=O)[C@@]3(O)C(O)=C1C2=O. The molecule has 1 aromatic carbocycles. The number of phenols is 1. The van der Waals surface area contributed by atoms with E-state index in [1.807, 2.05) is 0 Å². The second-order valence-corrected chi connectivity index (χ2v) is 11.4. The van der Waals surface area contributed by atoms with Crippen LogP contribution in [0.5, 0.6) is 5.75 Å². The number of amides is 1. The van der Waals surface area contributed by atoms with Crippen LogP contribution in [-0.2, 0) is 22.6 Å². The van der Waals surface area contributed by atoms with E-state index >= 15 is 0 Å². The molecule has 0 unspecified atom stereocenters. The molecule has 0 bridgehead atoms. The highest BCUT2D eigenvalue weighted by molar-refractivity contribution is 6.33. The minimum absolute atomic E-state index is 0.0136. The average molecular weight is 548 g/mol. The van der Waals surface area contributed by atoms with Gasteiger partial charge in [-0.3, -0.25) is 19.3 Å². The summed E-state index contributed by atoms with van der Waals surface area (Å²) in [5, 5.41) is 48.2. The van der Waals surface area contributed by atoms with Crippen LogP contribution in [-0.4, -0.2) is 75.1 Å². The first kappa shape index (κ1) is 28.1. The Morgan fingerprint density at radius 3 is 2.50 bits per heavy atom. The van der Waals surface area contributed by atoms with Gasteiger partial charge in [0.1, 0.15) is 22.8 Å². The molecule has 1 aromatic rings. The molecule has 0 aliphatic heterocycles. The van der Waals surface area contributed by atoms with Gasteiger partial charge in [0.25, 0.3) is 5.91 Å². The maximum atomic E-state index is 13.7. The average Bonchev–Trinajstić information content (AvgIpc) is 2.81. The summed E-state index contributed by atoms with van der Waals surface area (Å²) in [6, 6.07) is 0.361. The molecule has 0 fully saturated rings. The molecule has 38 heavy (non-hydrogen) atoms. The lowest BCUT2D eigenvalue weighted by molar-refractivity contribution is -0.148. The van der Waals surface area contributed by atoms with Gasteiger partial charge in [-0.15, -0.1) is 0 Å². The van der Waals surface area contributed by atoms with Crippen molar-refractivity contribution in [2.75, 3.05) is 20.6 Å². The fourth-order valence-electron chi connectivity index (χ4n) is 6.10. The maximum Gasteiger partial charge on any atom is 0.255 e. The minimum atomic E-state index is -2.66. The van der Waals surface area contributed by atoms with Gasteiger partial charge < -0.3 is 31.5 Å². The van der Waals surface area contributed by atoms with Crippen LogP contribution in [0.3, 0.4) is 0 Å². The lowest BCUT2D eigenvalue weighted by Gasteiger charge is -2.50. The molecular formula is C27H34ClN3O7. The van der Waals surface area contributed by atoms with Crippen LogP contribution in [0, 0.1) is 17.8 Å². The zero-order chi connectivity index (χ0) is 28.3. The summed E-state index contributed by atoms with van der Waals surface area (Å²) in [6.07, 6.45) is 1.12. The number of allylic oxidation sites excluding steroid dienone is 1. The fourth-order valence-corrected chi connectivity index (χ4v) is 6.39. The first-order chi connectivity index (χ1) is 17.7. The highest BCUT2D eigenvalue weighted by atomic mass is 35.5. The smallest absolute Gasteiger partial charge is 0.255 e. The third kappa shape index (κ3) is 4.20. The number of carbonyl (C=O) groups is 3. The van der Waals surface area contributed by atoms with Gasteiger partial charge in [0.05, 0.1) is 11.6 Å². The number of ketones is 2. The number of halogens is 1. The Bertz CT molecular complexity index is 1290. The number of nitrogens with one attached hydrogen (secondary N) is 1. The number of fused-ring (bicyclic) bond motifs is 3. The van der Waals surface area contributed by atoms with Crippen LogP contribution in [0.15, 0.2) is 28.7 Å². The van der Waals surface area contributed by atoms with Crippen molar-refractivity contribution in [1.29, 1.82) is 0 Å². The molecular weight excluding hydrogens is 514 g/mol. The number of nitrogens with two attached hydrogens (primary N) is 1. The largest absolute Gasteiger partial charge is 0.510 e. The summed E-state index contributed by atoms with van der Waals surface area (Å²) in [7, 11) is 3.17. The molecule has 10 nitrogen and oxygen atoms in total. The number of benzene rings is 1. The molecule has 0 saturated heterocycles. The second-order valence-electron chi connectivity index (χ2n) is 11.0. The van der Waals surface area contributed by atoms with Crippen LogP contribution in [0.4, 0.5) is 0 Å². The van der Waals surface area contributed by atoms with Gasteiger partial charge in [-0.25, -0.2) is 0 Å². The molecule has 4 rings (SSSR count). The number of hydrogen-bond acceptors (Lipinski definition) is 9. The first-order valence-corrected chi connectivity index (χ1v) is 13.0. The second kappa shape index (κ2) is 10.00. The number of phenolic OH excluding ortho intramolecular Hbond substituents is 1. The van der Waals surface area contributed by atoms with E-state index in [0.717, 1.165) is 13.0 Å². The lowest BCUT2D eigenvalue weighted by atomic mass is 9.58. The first-order valence-electron chi connectivity index (χ1n) is 12.6. The summed E-state index contributed by atoms with van der Waals surface area (Å²) in [5.74, 6) is -6.33. The van der Waals surface area contributed by atoms with E-state index in [1.165, 1.54) is 11.0 Å². The zero-order valence-corrected chi connectivity index (χ0v) is 22.6. The molecule has 206 valence electrons. The number of rotatable bonds is 7. The summed E-state index contributed by atoms with van der Waals surface area (Å²) in [4.78, 5) is 40.5. The minimum Gasteiger partial charge on any atom is -0.510 e. The molecule has 3 aliphatic rings. The molecule has 0 heterocycles. The molecule has 11 heteroatoms. The van der Waals surface area contributed by atoms with Gasteiger partial charge in [0, 0.05) is 23.1 Å². The number of nitrogens with zero attached hydrogens (tertiary/aromatic N) is 1. The Labute approximate surface area is 225 Å². The Balaban J connectivity index is 1.81. The number of likely N-dealkylation sites (N-methyl/N-ethyl adjacent to an activating group) is 1. The third-order valence-electron chi connectivity index (χ3n) is 7.94. The van der Waals surface area contributed by atoms with Crippen LogP contribution in [0.2, 0.25) is 5.02 Å². The Morgan fingerprint density at radius 1 is 1.26 bits per heavy atom. The molecule has 0 radical (unpaired) electrons. The molecule has 0 spiro atoms. The zero-order valence-electron chi connectivity index (χ0n) is 21.8. The Kier molecular flexibility index (Phi) is 7.39. The highest BCUT2D eigenvalue weighted by Crippen LogP contribution is 2.53. The van der Waals surface area contributed by atoms with E-state index in [4.69, 9.17) is 17.3 Å². The van der Waals surface area contributed by atoms with E-state index in [-0.39, 0.29) is 29.7 Å². The summed E-state index contributed by atoms with van der Waals surface area (Å²) in [5.41, 5.74) is 2.58. The predicted octanol–water partition coefficient (Wildman–Crippen LogP) is 1.91. The van der Waals surface area contributed by atoms with Crippen LogP contribution in [0.1, 0.15) is 48.2 Å². The van der Waals surface area contributed by atoms with Crippen molar-refractivity contribution in [3.8, 4) is 5.75 Å². The van der Waals surface area contributed by atoms with E-state index in [2.05, 4.69) is 19.2 Å². The van der Waals surface area contributed by atoms with Gasteiger partial charge in [-0.1, -0.05) is 25.4 Å². The van der Waals surface area contributed by atoms with Gasteiger partial charge in [0.2, 0.25) is 5.78 Å². The maximum absolute atomic E-state index is 13.7. The van der Waals surface area contributed by atoms with Gasteiger partial charge >= 0.3 is 0 Å². The number of primary amides is 1. The summed E-state index contributed by atoms with van der Waals surface area (Å²) >= 11 is 6.72. The normalized spacial score (nSPS) is 27.1. The number of Topliss-reactive ketones (excluding diaryl/α,β-unsaturated/α-hetero) is 2. The summed E-state index contributed by atoms with van der Waals surface area (Å²) < 4.78 is 0. The molecule has 7 N–H and O–H groups in total. The predicted molar refractivity (Wildman–Crippen MR) is 140 cm³/mol. The van der Waals surface area contributed by atoms with Crippen molar-refractivity contribution in [3.05, 3.63) is 50.4 Å². The number of aromatic hydroxyl groups is 1. The van der Waals surface area contributed by atoms with Gasteiger partial charge in [0.15, 0.2) is 11.4 Å².